The Balaban J connectivity index is 2.15. The molecule has 4 nitrogen and oxygen atoms in total. The number of benzene rings is 1. The zero-order valence-corrected chi connectivity index (χ0v) is 12.9. The molecule has 1 fully saturated rings. The van der Waals surface area contributed by atoms with Crippen LogP contribution in [-0.4, -0.2) is 60.4 Å². The lowest BCUT2D eigenvalue weighted by atomic mass is 10.0. The van der Waals surface area contributed by atoms with Gasteiger partial charge in [-0.25, -0.2) is 0 Å². The van der Waals surface area contributed by atoms with Crippen molar-refractivity contribution in [2.24, 2.45) is 0 Å². The first-order chi connectivity index (χ1) is 9.60. The summed E-state index contributed by atoms with van der Waals surface area (Å²) >= 11 is 1.70. The summed E-state index contributed by atoms with van der Waals surface area (Å²) in [5.41, 5.74) is 1.11. The van der Waals surface area contributed by atoms with Crippen LogP contribution in [0.15, 0.2) is 29.2 Å². The average Bonchev–Trinajstić information content (AvgIpc) is 2.46. The van der Waals surface area contributed by atoms with E-state index in [1.807, 2.05) is 6.26 Å². The van der Waals surface area contributed by atoms with Gasteiger partial charge in [0.1, 0.15) is 0 Å². The molecule has 0 aromatic heterocycles. The quantitative estimate of drug-likeness (QED) is 0.843. The molecule has 1 aromatic carbocycles. The van der Waals surface area contributed by atoms with E-state index in [2.05, 4.69) is 41.1 Å². The van der Waals surface area contributed by atoms with Gasteiger partial charge in [-0.1, -0.05) is 12.1 Å². The summed E-state index contributed by atoms with van der Waals surface area (Å²) in [7, 11) is 2.11. The Bertz CT molecular complexity index is 442. The predicted octanol–water partition coefficient (Wildman–Crippen LogP) is 2.17. The maximum absolute atomic E-state index is 11.2. The van der Waals surface area contributed by atoms with Crippen LogP contribution in [0, 0.1) is 0 Å². The van der Waals surface area contributed by atoms with Crippen molar-refractivity contribution in [3.05, 3.63) is 29.8 Å². The lowest BCUT2D eigenvalue weighted by Gasteiger charge is -2.37. The van der Waals surface area contributed by atoms with Crippen LogP contribution in [0.4, 0.5) is 0 Å². The van der Waals surface area contributed by atoms with E-state index in [0.717, 1.165) is 31.7 Å². The third-order valence-electron chi connectivity index (χ3n) is 3.85. The topological polar surface area (TPSA) is 43.8 Å². The number of thioether (sulfide) groups is 1. The van der Waals surface area contributed by atoms with Gasteiger partial charge in [0.05, 0.1) is 6.42 Å². The Kier molecular flexibility index (Phi) is 5.46. The van der Waals surface area contributed by atoms with E-state index in [1.165, 1.54) is 4.90 Å². The van der Waals surface area contributed by atoms with E-state index in [4.69, 9.17) is 0 Å². The molecule has 0 aliphatic carbocycles. The number of aliphatic carboxylic acids is 1. The van der Waals surface area contributed by atoms with Crippen LogP contribution in [0.25, 0.3) is 0 Å². The third-order valence-corrected chi connectivity index (χ3v) is 4.59. The van der Waals surface area contributed by atoms with Crippen molar-refractivity contribution in [1.29, 1.82) is 0 Å². The number of hydrogen-bond donors (Lipinski definition) is 1. The van der Waals surface area contributed by atoms with E-state index in [9.17, 15) is 9.90 Å². The molecule has 1 aromatic rings. The van der Waals surface area contributed by atoms with Crippen LogP contribution >= 0.6 is 11.8 Å². The SMILES string of the molecule is CSc1ccc(C(CC(=O)O)N2CCN(C)CC2)cc1. The fourth-order valence-electron chi connectivity index (χ4n) is 2.58. The van der Waals surface area contributed by atoms with E-state index in [-0.39, 0.29) is 12.5 Å². The zero-order valence-electron chi connectivity index (χ0n) is 12.1. The minimum absolute atomic E-state index is 0.0166. The van der Waals surface area contributed by atoms with Crippen LogP contribution in [0.2, 0.25) is 0 Å². The normalized spacial score (nSPS) is 18.9. The molecule has 1 aliphatic heterocycles. The molecule has 1 atom stereocenters. The molecule has 0 bridgehead atoms. The molecule has 20 heavy (non-hydrogen) atoms. The smallest absolute Gasteiger partial charge is 0.305 e. The maximum atomic E-state index is 11.2. The lowest BCUT2D eigenvalue weighted by molar-refractivity contribution is -0.138. The number of hydrogen-bond acceptors (Lipinski definition) is 4. The second-order valence-electron chi connectivity index (χ2n) is 5.23. The monoisotopic (exact) mass is 294 g/mol. The van der Waals surface area contributed by atoms with Gasteiger partial charge in [-0.05, 0) is 31.0 Å². The number of rotatable bonds is 5. The van der Waals surface area contributed by atoms with Crippen molar-refractivity contribution >= 4 is 17.7 Å². The van der Waals surface area contributed by atoms with Crippen molar-refractivity contribution in [2.75, 3.05) is 39.5 Å². The van der Waals surface area contributed by atoms with Crippen molar-refractivity contribution in [3.63, 3.8) is 0 Å². The number of nitrogens with zero attached hydrogens (tertiary/aromatic N) is 2. The fourth-order valence-corrected chi connectivity index (χ4v) is 2.99. The second kappa shape index (κ2) is 7.11. The molecule has 1 unspecified atom stereocenters. The molecule has 0 radical (unpaired) electrons. The minimum atomic E-state index is -0.733. The number of piperazine rings is 1. The van der Waals surface area contributed by atoms with Crippen LogP contribution in [0.1, 0.15) is 18.0 Å². The molecule has 1 N–H and O–H groups in total. The summed E-state index contributed by atoms with van der Waals surface area (Å²) in [6.45, 7) is 3.86. The number of likely N-dealkylation sites (N-methyl/N-ethyl adjacent to an activating group) is 1. The highest BCUT2D eigenvalue weighted by Crippen LogP contribution is 2.27. The molecule has 1 aliphatic rings. The van der Waals surface area contributed by atoms with Crippen molar-refractivity contribution in [1.82, 2.24) is 9.80 Å². The molecule has 2 rings (SSSR count). The molecule has 0 spiro atoms. The Morgan fingerprint density at radius 1 is 1.25 bits per heavy atom. The Morgan fingerprint density at radius 3 is 2.35 bits per heavy atom. The molecular formula is C15H22N2O2S. The van der Waals surface area contributed by atoms with Gasteiger partial charge in [0.25, 0.3) is 0 Å². The summed E-state index contributed by atoms with van der Waals surface area (Å²) in [6.07, 6.45) is 2.21. The predicted molar refractivity (Wildman–Crippen MR) is 82.3 cm³/mol. The number of carbonyl (C=O) groups is 1. The Morgan fingerprint density at radius 2 is 1.85 bits per heavy atom. The minimum Gasteiger partial charge on any atom is -0.481 e. The van der Waals surface area contributed by atoms with Crippen LogP contribution in [0.3, 0.4) is 0 Å². The van der Waals surface area contributed by atoms with Crippen LogP contribution < -0.4 is 0 Å². The molecule has 0 saturated carbocycles. The van der Waals surface area contributed by atoms with E-state index in [1.54, 1.807) is 11.8 Å². The van der Waals surface area contributed by atoms with Crippen LogP contribution in [0.5, 0.6) is 0 Å². The zero-order chi connectivity index (χ0) is 14.5. The molecule has 0 amide bonds. The fraction of sp³-hybridized carbons (Fsp3) is 0.533. The van der Waals surface area contributed by atoms with E-state index < -0.39 is 5.97 Å². The van der Waals surface area contributed by atoms with Gasteiger partial charge in [-0.2, -0.15) is 0 Å². The second-order valence-corrected chi connectivity index (χ2v) is 6.11. The average molecular weight is 294 g/mol. The van der Waals surface area contributed by atoms with E-state index >= 15 is 0 Å². The van der Waals surface area contributed by atoms with Gasteiger partial charge in [0.15, 0.2) is 0 Å². The number of carboxylic acid groups (broad SMARTS) is 1. The van der Waals surface area contributed by atoms with Gasteiger partial charge in [0, 0.05) is 37.1 Å². The third kappa shape index (κ3) is 3.98. The highest BCUT2D eigenvalue weighted by Gasteiger charge is 2.25. The highest BCUT2D eigenvalue weighted by molar-refractivity contribution is 7.98. The van der Waals surface area contributed by atoms with Gasteiger partial charge >= 0.3 is 5.97 Å². The largest absolute Gasteiger partial charge is 0.481 e. The summed E-state index contributed by atoms with van der Waals surface area (Å²) in [5, 5.41) is 9.19. The first-order valence-electron chi connectivity index (χ1n) is 6.88. The molecule has 110 valence electrons. The highest BCUT2D eigenvalue weighted by atomic mass is 32.2. The van der Waals surface area contributed by atoms with Gasteiger partial charge in [-0.3, -0.25) is 9.69 Å². The first kappa shape index (κ1) is 15.4. The summed E-state index contributed by atoms with van der Waals surface area (Å²) in [4.78, 5) is 17.0. The summed E-state index contributed by atoms with van der Waals surface area (Å²) < 4.78 is 0. The molecule has 1 heterocycles. The van der Waals surface area contributed by atoms with Gasteiger partial charge in [-0.15, -0.1) is 11.8 Å². The van der Waals surface area contributed by atoms with Crippen molar-refractivity contribution in [2.45, 2.75) is 17.4 Å². The first-order valence-corrected chi connectivity index (χ1v) is 8.11. The van der Waals surface area contributed by atoms with E-state index in [0.29, 0.717) is 0 Å². The Labute approximate surface area is 124 Å². The molecule has 5 heteroatoms. The van der Waals surface area contributed by atoms with Gasteiger partial charge in [0.2, 0.25) is 0 Å². The number of carboxylic acids is 1. The molecular weight excluding hydrogens is 272 g/mol. The standard InChI is InChI=1S/C15H22N2O2S/c1-16-7-9-17(10-8-16)14(11-15(18)19)12-3-5-13(20-2)6-4-12/h3-6,14H,7-11H2,1-2H3,(H,18,19). The van der Waals surface area contributed by atoms with Crippen molar-refractivity contribution in [3.8, 4) is 0 Å². The van der Waals surface area contributed by atoms with Gasteiger partial charge < -0.3 is 10.0 Å². The molecule has 1 saturated heterocycles. The Hall–Kier alpha value is -1.04. The summed E-state index contributed by atoms with van der Waals surface area (Å²) in [6, 6.07) is 8.27. The van der Waals surface area contributed by atoms with Crippen molar-refractivity contribution < 1.29 is 9.90 Å². The lowest BCUT2D eigenvalue weighted by Crippen LogP contribution is -2.46. The maximum Gasteiger partial charge on any atom is 0.305 e. The van der Waals surface area contributed by atoms with Crippen LogP contribution in [-0.2, 0) is 4.79 Å². The summed E-state index contributed by atoms with van der Waals surface area (Å²) in [5.74, 6) is -0.733.